The smallest absolute Gasteiger partial charge is 0.462 e. The van der Waals surface area contributed by atoms with Gasteiger partial charge >= 0.3 is 39.5 Å². The zero-order valence-electron chi connectivity index (χ0n) is 53.6. The van der Waals surface area contributed by atoms with Crippen molar-refractivity contribution in [2.45, 2.75) is 330 Å². The quantitative estimate of drug-likeness (QED) is 0.0222. The number of carbonyl (C=O) groups excluding carboxylic acids is 4. The van der Waals surface area contributed by atoms with E-state index in [9.17, 15) is 43.2 Å². The lowest BCUT2D eigenvalue weighted by Crippen LogP contribution is -2.30. The molecule has 83 heavy (non-hydrogen) atoms. The molecule has 0 aromatic carbocycles. The lowest BCUT2D eigenvalue weighted by Gasteiger charge is -2.21. The van der Waals surface area contributed by atoms with Crippen LogP contribution in [-0.2, 0) is 65.4 Å². The van der Waals surface area contributed by atoms with Crippen LogP contribution in [0.5, 0.6) is 0 Å². The van der Waals surface area contributed by atoms with Gasteiger partial charge < -0.3 is 33.8 Å². The SMILES string of the molecule is CCCCCCCCCCC(=O)OC[C@H](COP(=O)(O)OC[C@H](O)COP(=O)(O)OC[C@@H](COC(=O)CCCCCCCCCCCCC(C)C)OC(=O)CCCCCCCCCCCCC(C)C)OC(=O)CCCCCCCCC(C)C. The number of unbranched alkanes of at least 4 members (excludes halogenated alkanes) is 30. The van der Waals surface area contributed by atoms with Crippen LogP contribution in [0.3, 0.4) is 0 Å². The molecule has 0 saturated heterocycles. The Morgan fingerprint density at radius 1 is 0.325 bits per heavy atom. The third-order valence-electron chi connectivity index (χ3n) is 14.6. The molecule has 0 spiro atoms. The Labute approximate surface area is 505 Å². The number of phosphoric acid groups is 2. The number of hydrogen-bond donors (Lipinski definition) is 3. The summed E-state index contributed by atoms with van der Waals surface area (Å²) in [6, 6.07) is 0. The Bertz CT molecular complexity index is 1650. The zero-order valence-corrected chi connectivity index (χ0v) is 55.4. The highest BCUT2D eigenvalue weighted by Gasteiger charge is 2.30. The normalized spacial score (nSPS) is 14.4. The predicted molar refractivity (Wildman–Crippen MR) is 331 cm³/mol. The van der Waals surface area contributed by atoms with E-state index in [1.54, 1.807) is 0 Å². The van der Waals surface area contributed by atoms with E-state index in [0.717, 1.165) is 108 Å². The fourth-order valence-corrected chi connectivity index (χ4v) is 11.1. The van der Waals surface area contributed by atoms with Crippen LogP contribution in [0.1, 0.15) is 312 Å². The van der Waals surface area contributed by atoms with Gasteiger partial charge in [-0.1, -0.05) is 260 Å². The first-order valence-electron chi connectivity index (χ1n) is 33.3. The minimum Gasteiger partial charge on any atom is -0.462 e. The molecule has 0 aliphatic heterocycles. The number of rotatable bonds is 62. The topological polar surface area (TPSA) is 237 Å². The maximum atomic E-state index is 13.0. The molecule has 0 fully saturated rings. The molecule has 2 unspecified atom stereocenters. The average molecular weight is 1230 g/mol. The van der Waals surface area contributed by atoms with E-state index in [2.05, 4.69) is 48.5 Å². The summed E-state index contributed by atoms with van der Waals surface area (Å²) in [7, 11) is -9.88. The van der Waals surface area contributed by atoms with Gasteiger partial charge in [-0.25, -0.2) is 9.13 Å². The van der Waals surface area contributed by atoms with Gasteiger partial charge in [0.2, 0.25) is 0 Å². The fraction of sp³-hybridized carbons (Fsp3) is 0.938. The van der Waals surface area contributed by atoms with Crippen LogP contribution in [0.15, 0.2) is 0 Å². The Morgan fingerprint density at radius 3 is 0.819 bits per heavy atom. The largest absolute Gasteiger partial charge is 0.472 e. The molecule has 0 aliphatic rings. The summed E-state index contributed by atoms with van der Waals surface area (Å²) in [5.41, 5.74) is 0. The van der Waals surface area contributed by atoms with Crippen LogP contribution in [0.4, 0.5) is 0 Å². The van der Waals surface area contributed by atoms with Crippen molar-refractivity contribution in [3.63, 3.8) is 0 Å². The third-order valence-corrected chi connectivity index (χ3v) is 16.5. The molecule has 0 rings (SSSR count). The van der Waals surface area contributed by atoms with Crippen LogP contribution in [-0.4, -0.2) is 96.7 Å². The summed E-state index contributed by atoms with van der Waals surface area (Å²) >= 11 is 0. The van der Waals surface area contributed by atoms with Crippen molar-refractivity contribution in [3.8, 4) is 0 Å². The molecule has 0 aliphatic carbocycles. The van der Waals surface area contributed by atoms with E-state index in [-0.39, 0.29) is 25.7 Å². The highest BCUT2D eigenvalue weighted by atomic mass is 31.2. The molecule has 0 aromatic heterocycles. The lowest BCUT2D eigenvalue weighted by molar-refractivity contribution is -0.161. The molecule has 0 bridgehead atoms. The number of hydrogen-bond acceptors (Lipinski definition) is 15. The van der Waals surface area contributed by atoms with Gasteiger partial charge in [-0.2, -0.15) is 0 Å². The number of ether oxygens (including phenoxy) is 4. The van der Waals surface area contributed by atoms with Crippen molar-refractivity contribution in [2.75, 3.05) is 39.6 Å². The zero-order chi connectivity index (χ0) is 61.7. The molecule has 0 heterocycles. The Hall–Kier alpha value is -1.94. The van der Waals surface area contributed by atoms with Crippen molar-refractivity contribution in [3.05, 3.63) is 0 Å². The number of esters is 4. The minimum absolute atomic E-state index is 0.101. The first kappa shape index (κ1) is 81.1. The fourth-order valence-electron chi connectivity index (χ4n) is 9.48. The molecule has 19 heteroatoms. The first-order chi connectivity index (χ1) is 39.7. The summed E-state index contributed by atoms with van der Waals surface area (Å²) in [4.78, 5) is 72.1. The van der Waals surface area contributed by atoms with Gasteiger partial charge in [-0.3, -0.25) is 37.3 Å². The maximum absolute atomic E-state index is 13.0. The number of carbonyl (C=O) groups is 4. The monoisotopic (exact) mass is 1230 g/mol. The van der Waals surface area contributed by atoms with Crippen molar-refractivity contribution in [2.24, 2.45) is 17.8 Å². The van der Waals surface area contributed by atoms with E-state index in [1.165, 1.54) is 116 Å². The molecule has 17 nitrogen and oxygen atoms in total. The van der Waals surface area contributed by atoms with Gasteiger partial charge in [-0.05, 0) is 43.4 Å². The number of aliphatic hydroxyl groups is 1. The number of aliphatic hydroxyl groups excluding tert-OH is 1. The summed E-state index contributed by atoms with van der Waals surface area (Å²) in [5, 5.41) is 10.5. The maximum Gasteiger partial charge on any atom is 0.472 e. The second-order valence-electron chi connectivity index (χ2n) is 24.6. The predicted octanol–water partition coefficient (Wildman–Crippen LogP) is 17.5. The third kappa shape index (κ3) is 58.8. The summed E-state index contributed by atoms with van der Waals surface area (Å²) < 4.78 is 67.9. The molecule has 0 aromatic rings. The van der Waals surface area contributed by atoms with Crippen LogP contribution < -0.4 is 0 Å². The Balaban J connectivity index is 5.23. The van der Waals surface area contributed by atoms with Gasteiger partial charge in [0.05, 0.1) is 26.4 Å². The lowest BCUT2D eigenvalue weighted by atomic mass is 10.0. The van der Waals surface area contributed by atoms with E-state index < -0.39 is 97.5 Å². The van der Waals surface area contributed by atoms with Crippen LogP contribution >= 0.6 is 15.6 Å². The molecule has 5 atom stereocenters. The van der Waals surface area contributed by atoms with E-state index in [0.29, 0.717) is 31.6 Å². The summed E-state index contributed by atoms with van der Waals surface area (Å²) in [6.45, 7) is 11.7. The highest BCUT2D eigenvalue weighted by molar-refractivity contribution is 7.47. The molecular formula is C64H124O17P2. The van der Waals surface area contributed by atoms with Gasteiger partial charge in [0.15, 0.2) is 12.2 Å². The summed E-state index contributed by atoms with van der Waals surface area (Å²) in [5.74, 6) is 0.0386. The Kier molecular flexibility index (Phi) is 54.1. The van der Waals surface area contributed by atoms with Gasteiger partial charge in [0, 0.05) is 25.7 Å². The minimum atomic E-state index is -4.95. The molecule has 0 saturated carbocycles. The highest BCUT2D eigenvalue weighted by Crippen LogP contribution is 2.45. The van der Waals surface area contributed by atoms with Crippen molar-refractivity contribution in [1.29, 1.82) is 0 Å². The Morgan fingerprint density at radius 2 is 0.554 bits per heavy atom. The molecule has 3 N–H and O–H groups in total. The second kappa shape index (κ2) is 55.4. The average Bonchev–Trinajstić information content (AvgIpc) is 3.43. The first-order valence-corrected chi connectivity index (χ1v) is 36.3. The van der Waals surface area contributed by atoms with Gasteiger partial charge in [-0.15, -0.1) is 0 Å². The van der Waals surface area contributed by atoms with Crippen molar-refractivity contribution in [1.82, 2.24) is 0 Å². The van der Waals surface area contributed by atoms with Gasteiger partial charge in [0.1, 0.15) is 19.3 Å². The van der Waals surface area contributed by atoms with E-state index in [4.69, 9.17) is 37.0 Å². The summed E-state index contributed by atoms with van der Waals surface area (Å²) in [6.07, 6.45) is 36.4. The molecule has 0 radical (unpaired) electrons. The standard InChI is InChI=1S/C64H124O17P2/c1-8-9-10-11-12-23-31-38-45-61(66)74-52-60(81-64(69)48-41-34-27-26-30-37-44-57(6)7)54-79-83(72,73)77-50-58(65)49-76-82(70,71)78-53-59(80-63(68)47-40-33-25-20-16-14-18-22-29-36-43-56(4)5)51-75-62(67)46-39-32-24-19-15-13-17-21-28-35-42-55(2)3/h55-60,65H,8-54H2,1-7H3,(H,70,71)(H,72,73)/t58-,59-,60-/m1/s1. The molecule has 0 amide bonds. The molecule has 492 valence electrons. The number of phosphoric ester groups is 2. The van der Waals surface area contributed by atoms with Crippen LogP contribution in [0.2, 0.25) is 0 Å². The van der Waals surface area contributed by atoms with Crippen molar-refractivity contribution < 1.29 is 80.2 Å². The van der Waals surface area contributed by atoms with E-state index >= 15 is 0 Å². The van der Waals surface area contributed by atoms with E-state index in [1.807, 2.05) is 0 Å². The van der Waals surface area contributed by atoms with Gasteiger partial charge in [0.25, 0.3) is 0 Å². The molecular weight excluding hydrogens is 1100 g/mol. The second-order valence-corrected chi connectivity index (χ2v) is 27.5. The van der Waals surface area contributed by atoms with Crippen LogP contribution in [0, 0.1) is 17.8 Å². The van der Waals surface area contributed by atoms with Crippen LogP contribution in [0.25, 0.3) is 0 Å². The van der Waals surface area contributed by atoms with Crippen molar-refractivity contribution >= 4 is 39.5 Å².